The second kappa shape index (κ2) is 7.07. The summed E-state index contributed by atoms with van der Waals surface area (Å²) in [5, 5.41) is 3.00. The van der Waals surface area contributed by atoms with Crippen LogP contribution in [0.1, 0.15) is 42.1 Å². The lowest BCUT2D eigenvalue weighted by Gasteiger charge is -2.47. The average molecular weight is 374 g/mol. The van der Waals surface area contributed by atoms with Gasteiger partial charge in [0, 0.05) is 50.4 Å². The van der Waals surface area contributed by atoms with Crippen LogP contribution in [-0.2, 0) is 4.79 Å². The fraction of sp³-hybridized carbons (Fsp3) is 0.684. The first-order valence-electron chi connectivity index (χ1n) is 9.44. The van der Waals surface area contributed by atoms with E-state index in [1.165, 1.54) is 6.92 Å². The van der Waals surface area contributed by atoms with E-state index in [0.29, 0.717) is 19.1 Å². The van der Waals surface area contributed by atoms with Crippen molar-refractivity contribution in [1.29, 1.82) is 0 Å². The first-order chi connectivity index (χ1) is 12.6. The fourth-order valence-corrected chi connectivity index (χ4v) is 3.81. The largest absolute Gasteiger partial charge is 0.355 e. The summed E-state index contributed by atoms with van der Waals surface area (Å²) in [6.07, 6.45) is 1.08. The van der Waals surface area contributed by atoms with Crippen LogP contribution < -0.4 is 10.2 Å². The summed E-state index contributed by atoms with van der Waals surface area (Å²) >= 11 is 0. The van der Waals surface area contributed by atoms with Crippen LogP contribution in [0.4, 0.5) is 5.82 Å². The van der Waals surface area contributed by atoms with Crippen molar-refractivity contribution >= 4 is 17.6 Å². The molecule has 2 aliphatic rings. The molecule has 27 heavy (non-hydrogen) atoms. The molecule has 148 valence electrons. The first kappa shape index (κ1) is 19.5. The molecular weight excluding hydrogens is 344 g/mol. The van der Waals surface area contributed by atoms with Gasteiger partial charge in [-0.15, -0.1) is 0 Å². The number of rotatable bonds is 4. The molecule has 0 bridgehead atoms. The van der Waals surface area contributed by atoms with Gasteiger partial charge in [0.05, 0.1) is 5.54 Å². The van der Waals surface area contributed by atoms with E-state index in [1.54, 1.807) is 4.90 Å². The predicted octanol–water partition coefficient (Wildman–Crippen LogP) is 0.584. The topological polar surface area (TPSA) is 81.7 Å². The number of anilines is 1. The normalized spacial score (nSPS) is 21.4. The van der Waals surface area contributed by atoms with Gasteiger partial charge >= 0.3 is 0 Å². The van der Waals surface area contributed by atoms with Gasteiger partial charge in [0.25, 0.3) is 5.91 Å². The molecule has 2 amide bonds. The first-order valence-corrected chi connectivity index (χ1v) is 9.44. The summed E-state index contributed by atoms with van der Waals surface area (Å²) in [4.78, 5) is 39.4. The maximum atomic E-state index is 12.8. The highest BCUT2D eigenvalue weighted by Crippen LogP contribution is 2.26. The Morgan fingerprint density at radius 3 is 2.44 bits per heavy atom. The Bertz CT molecular complexity index is 757. The highest BCUT2D eigenvalue weighted by atomic mass is 16.2. The number of likely N-dealkylation sites (tertiary alicyclic amines) is 1. The van der Waals surface area contributed by atoms with Gasteiger partial charge in [-0.2, -0.15) is 0 Å². The number of hydrogen-bond donors (Lipinski definition) is 1. The van der Waals surface area contributed by atoms with Crippen molar-refractivity contribution in [3.63, 3.8) is 0 Å². The Kier molecular flexibility index (Phi) is 5.12. The zero-order chi connectivity index (χ0) is 19.9. The van der Waals surface area contributed by atoms with Gasteiger partial charge in [-0.1, -0.05) is 0 Å². The third-order valence-electron chi connectivity index (χ3n) is 5.70. The molecule has 0 saturated carbocycles. The predicted molar refractivity (Wildman–Crippen MR) is 104 cm³/mol. The summed E-state index contributed by atoms with van der Waals surface area (Å²) in [6.45, 7) is 10.3. The zero-order valence-electron chi connectivity index (χ0n) is 17.2. The molecule has 1 aromatic rings. The Labute approximate surface area is 160 Å². The Morgan fingerprint density at radius 1 is 1.22 bits per heavy atom. The van der Waals surface area contributed by atoms with Gasteiger partial charge in [-0.3, -0.25) is 9.59 Å². The minimum Gasteiger partial charge on any atom is -0.355 e. The maximum absolute atomic E-state index is 12.8. The molecule has 8 heteroatoms. The molecule has 3 rings (SSSR count). The number of aromatic nitrogens is 2. The molecule has 1 atom stereocenters. The second-order valence-electron chi connectivity index (χ2n) is 8.32. The highest BCUT2D eigenvalue weighted by Gasteiger charge is 2.42. The van der Waals surface area contributed by atoms with Crippen LogP contribution in [0.2, 0.25) is 0 Å². The summed E-state index contributed by atoms with van der Waals surface area (Å²) in [7, 11) is 4.18. The van der Waals surface area contributed by atoms with Crippen molar-refractivity contribution in [2.75, 3.05) is 45.2 Å². The van der Waals surface area contributed by atoms with E-state index in [0.717, 1.165) is 36.6 Å². The number of carbonyl (C=O) groups is 2. The van der Waals surface area contributed by atoms with Gasteiger partial charge < -0.3 is 20.0 Å². The molecule has 1 aromatic heterocycles. The SMILES string of the molecule is CC(=O)N1CC(C)(NC(=O)c2nc(C)c(C)c(N3CC[C@@H](N(C)C)C3)n2)C1. The van der Waals surface area contributed by atoms with E-state index >= 15 is 0 Å². The van der Waals surface area contributed by atoms with E-state index in [-0.39, 0.29) is 17.6 Å². The summed E-state index contributed by atoms with van der Waals surface area (Å²) in [5.41, 5.74) is 1.42. The number of aryl methyl sites for hydroxylation is 1. The van der Waals surface area contributed by atoms with Crippen molar-refractivity contribution < 1.29 is 9.59 Å². The quantitative estimate of drug-likeness (QED) is 0.831. The lowest BCUT2D eigenvalue weighted by molar-refractivity contribution is -0.136. The molecular formula is C19H30N6O2. The van der Waals surface area contributed by atoms with Gasteiger partial charge in [0.2, 0.25) is 11.7 Å². The van der Waals surface area contributed by atoms with Crippen molar-refractivity contribution in [1.82, 2.24) is 25.1 Å². The molecule has 0 unspecified atom stereocenters. The number of carbonyl (C=O) groups excluding carboxylic acids is 2. The standard InChI is InChI=1S/C19H30N6O2/c1-12-13(2)20-16(18(27)22-19(4)10-25(11-19)14(3)26)21-17(12)24-8-7-15(9-24)23(5)6/h15H,7-11H2,1-6H3,(H,22,27)/t15-/m1/s1. The van der Waals surface area contributed by atoms with E-state index in [9.17, 15) is 9.59 Å². The van der Waals surface area contributed by atoms with Crippen LogP contribution in [0.5, 0.6) is 0 Å². The lowest BCUT2D eigenvalue weighted by Crippen LogP contribution is -2.69. The number of likely N-dealkylation sites (N-methyl/N-ethyl adjacent to an activating group) is 1. The average Bonchev–Trinajstić information content (AvgIpc) is 3.04. The number of hydrogen-bond acceptors (Lipinski definition) is 6. The molecule has 2 aliphatic heterocycles. The zero-order valence-corrected chi connectivity index (χ0v) is 17.2. The third-order valence-corrected chi connectivity index (χ3v) is 5.70. The molecule has 0 aromatic carbocycles. The lowest BCUT2D eigenvalue weighted by atomic mass is 9.92. The summed E-state index contributed by atoms with van der Waals surface area (Å²) < 4.78 is 0. The third kappa shape index (κ3) is 3.90. The van der Waals surface area contributed by atoms with E-state index in [1.807, 2.05) is 20.8 Å². The number of nitrogens with zero attached hydrogens (tertiary/aromatic N) is 5. The van der Waals surface area contributed by atoms with Crippen LogP contribution in [0, 0.1) is 13.8 Å². The van der Waals surface area contributed by atoms with Crippen molar-refractivity contribution in [2.24, 2.45) is 0 Å². The van der Waals surface area contributed by atoms with Crippen molar-refractivity contribution in [3.8, 4) is 0 Å². The Balaban J connectivity index is 1.76. The van der Waals surface area contributed by atoms with Crippen LogP contribution in [-0.4, -0.2) is 83.4 Å². The number of nitrogens with one attached hydrogen (secondary N) is 1. The summed E-state index contributed by atoms with van der Waals surface area (Å²) in [6, 6.07) is 0.489. The van der Waals surface area contributed by atoms with Crippen molar-refractivity contribution in [3.05, 3.63) is 17.1 Å². The Hall–Kier alpha value is -2.22. The Morgan fingerprint density at radius 2 is 1.89 bits per heavy atom. The molecule has 0 radical (unpaired) electrons. The van der Waals surface area contributed by atoms with Crippen LogP contribution in [0.25, 0.3) is 0 Å². The van der Waals surface area contributed by atoms with Crippen LogP contribution >= 0.6 is 0 Å². The van der Waals surface area contributed by atoms with Crippen LogP contribution in [0.15, 0.2) is 0 Å². The minimum absolute atomic E-state index is 0.0240. The van der Waals surface area contributed by atoms with Crippen LogP contribution in [0.3, 0.4) is 0 Å². The summed E-state index contributed by atoms with van der Waals surface area (Å²) in [5.74, 6) is 0.786. The smallest absolute Gasteiger partial charge is 0.289 e. The molecule has 8 nitrogen and oxygen atoms in total. The molecule has 3 heterocycles. The van der Waals surface area contributed by atoms with E-state index in [2.05, 4.69) is 39.2 Å². The maximum Gasteiger partial charge on any atom is 0.289 e. The molecule has 0 aliphatic carbocycles. The molecule has 0 spiro atoms. The van der Waals surface area contributed by atoms with Crippen molar-refractivity contribution in [2.45, 2.75) is 45.7 Å². The fourth-order valence-electron chi connectivity index (χ4n) is 3.81. The second-order valence-corrected chi connectivity index (χ2v) is 8.32. The highest BCUT2D eigenvalue weighted by molar-refractivity contribution is 5.92. The minimum atomic E-state index is -0.422. The molecule has 2 saturated heterocycles. The van der Waals surface area contributed by atoms with Gasteiger partial charge in [-0.05, 0) is 41.3 Å². The molecule has 2 fully saturated rings. The van der Waals surface area contributed by atoms with Gasteiger partial charge in [0.15, 0.2) is 0 Å². The van der Waals surface area contributed by atoms with E-state index < -0.39 is 5.54 Å². The van der Waals surface area contributed by atoms with Gasteiger partial charge in [0.1, 0.15) is 5.82 Å². The van der Waals surface area contributed by atoms with Gasteiger partial charge in [-0.25, -0.2) is 9.97 Å². The number of amides is 2. The molecule has 1 N–H and O–H groups in total. The van der Waals surface area contributed by atoms with E-state index in [4.69, 9.17) is 0 Å². The monoisotopic (exact) mass is 374 g/mol.